The van der Waals surface area contributed by atoms with Crippen molar-refractivity contribution in [2.45, 2.75) is 13.8 Å². The summed E-state index contributed by atoms with van der Waals surface area (Å²) in [6.07, 6.45) is 0. The summed E-state index contributed by atoms with van der Waals surface area (Å²) in [5, 5.41) is 18.9. The van der Waals surface area contributed by atoms with Gasteiger partial charge in [0.05, 0.1) is 38.8 Å². The molecule has 0 bridgehead atoms. The minimum atomic E-state index is -0.475. The minimum absolute atomic E-state index is 0.192. The monoisotopic (exact) mass is 790 g/mol. The van der Waals surface area contributed by atoms with Crippen LogP contribution in [0.25, 0.3) is 0 Å². The standard InChI is InChI=1S/C17H23N5O3S.C12H19N3O.C5H5ClN2O2S/c1-4-25-16(23)15-19-20-17(26-15)18-13-6-5-12(11-14(13)24-3)22-9-7-21(2)8-10-22;1-14-5-7-15(8-6-14)10-3-4-11(13)12(9-10)16-2;1-2-10-4(9)3-7-8-5(6)11-3/h5-6,11H,4,7-10H2,1-3H3,(H,18,20);3-4,9H,5-8,13H2,1-2H3;2H2,1H3. The van der Waals surface area contributed by atoms with Gasteiger partial charge in [0.25, 0.3) is 0 Å². The fourth-order valence-electron chi connectivity index (χ4n) is 5.15. The molecule has 3 N–H and O–H groups in total. The number of hydrogen-bond donors (Lipinski definition) is 2. The van der Waals surface area contributed by atoms with E-state index in [9.17, 15) is 9.59 Å². The number of carbonyl (C=O) groups is 2. The van der Waals surface area contributed by atoms with E-state index in [1.165, 1.54) is 5.69 Å². The van der Waals surface area contributed by atoms with Gasteiger partial charge in [-0.25, -0.2) is 9.59 Å². The molecule has 288 valence electrons. The minimum Gasteiger partial charge on any atom is -0.495 e. The van der Waals surface area contributed by atoms with Gasteiger partial charge >= 0.3 is 11.9 Å². The van der Waals surface area contributed by atoms with Gasteiger partial charge in [-0.15, -0.1) is 20.4 Å². The zero-order valence-electron chi connectivity index (χ0n) is 30.8. The van der Waals surface area contributed by atoms with Crippen LogP contribution < -0.4 is 30.3 Å². The van der Waals surface area contributed by atoms with Crippen molar-refractivity contribution in [1.29, 1.82) is 0 Å². The predicted molar refractivity (Wildman–Crippen MR) is 210 cm³/mol. The Morgan fingerprint density at radius 3 is 1.72 bits per heavy atom. The number of halogens is 1. The maximum Gasteiger partial charge on any atom is 0.369 e. The van der Waals surface area contributed by atoms with Crippen LogP contribution in [0.15, 0.2) is 36.4 Å². The first kappa shape index (κ1) is 41.3. The molecule has 0 spiro atoms. The van der Waals surface area contributed by atoms with Gasteiger partial charge in [-0.05, 0) is 63.8 Å². The Kier molecular flexibility index (Phi) is 16.1. The van der Waals surface area contributed by atoms with Crippen molar-refractivity contribution in [3.8, 4) is 11.5 Å². The van der Waals surface area contributed by atoms with Crippen molar-refractivity contribution in [2.75, 3.05) is 115 Å². The fraction of sp³-hybridized carbons (Fsp3) is 0.471. The molecule has 0 aliphatic carbocycles. The largest absolute Gasteiger partial charge is 0.495 e. The van der Waals surface area contributed by atoms with E-state index in [2.05, 4.69) is 76.3 Å². The molecule has 0 atom stereocenters. The summed E-state index contributed by atoms with van der Waals surface area (Å²) in [7, 11) is 7.58. The van der Waals surface area contributed by atoms with Crippen LogP contribution in [-0.4, -0.2) is 136 Å². The van der Waals surface area contributed by atoms with E-state index < -0.39 is 11.9 Å². The normalized spacial score (nSPS) is 14.6. The summed E-state index contributed by atoms with van der Waals surface area (Å²) in [6.45, 7) is 12.5. The number of nitrogens with one attached hydrogen (secondary N) is 1. The van der Waals surface area contributed by atoms with Crippen LogP contribution in [0.1, 0.15) is 33.5 Å². The van der Waals surface area contributed by atoms with Crippen molar-refractivity contribution in [3.63, 3.8) is 0 Å². The summed E-state index contributed by atoms with van der Waals surface area (Å²) in [5.41, 5.74) is 9.59. The average molecular weight is 791 g/mol. The predicted octanol–water partition coefficient (Wildman–Crippen LogP) is 4.62. The number of nitrogen functional groups attached to an aromatic ring is 1. The van der Waals surface area contributed by atoms with Crippen LogP contribution in [-0.2, 0) is 9.47 Å². The van der Waals surface area contributed by atoms with Gasteiger partial charge in [0, 0.05) is 75.9 Å². The van der Waals surface area contributed by atoms with Crippen LogP contribution in [0.5, 0.6) is 11.5 Å². The molecule has 0 saturated carbocycles. The Labute approximate surface area is 322 Å². The number of benzene rings is 2. The number of piperazine rings is 2. The molecule has 2 aliphatic heterocycles. The van der Waals surface area contributed by atoms with E-state index in [0.717, 1.165) is 92.2 Å². The molecule has 2 aliphatic rings. The molecule has 0 radical (unpaired) electrons. The van der Waals surface area contributed by atoms with E-state index in [0.29, 0.717) is 29.8 Å². The Bertz CT molecular complexity index is 1760. The lowest BCUT2D eigenvalue weighted by Gasteiger charge is -2.34. The average Bonchev–Trinajstić information content (AvgIpc) is 3.83. The molecular formula is C34H47ClN10O6S2. The number of methoxy groups -OCH3 is 2. The lowest BCUT2D eigenvalue weighted by atomic mass is 10.2. The Morgan fingerprint density at radius 1 is 0.736 bits per heavy atom. The number of rotatable bonds is 10. The summed E-state index contributed by atoms with van der Waals surface area (Å²) in [4.78, 5) is 32.0. The Balaban J connectivity index is 0.000000197. The van der Waals surface area contributed by atoms with Crippen molar-refractivity contribution in [1.82, 2.24) is 30.2 Å². The number of likely N-dealkylation sites (N-methyl/N-ethyl adjacent to an activating group) is 2. The third kappa shape index (κ3) is 12.3. The topological polar surface area (TPSA) is 174 Å². The Hall–Kier alpha value is -4.49. The van der Waals surface area contributed by atoms with Crippen LogP contribution in [0.2, 0.25) is 4.47 Å². The summed E-state index contributed by atoms with van der Waals surface area (Å²) < 4.78 is 20.6. The number of aromatic nitrogens is 4. The van der Waals surface area contributed by atoms with E-state index in [4.69, 9.17) is 31.5 Å². The second-order valence-electron chi connectivity index (χ2n) is 11.7. The first-order chi connectivity index (χ1) is 25.5. The van der Waals surface area contributed by atoms with Gasteiger partial charge in [-0.3, -0.25) is 0 Å². The van der Waals surface area contributed by atoms with E-state index in [1.807, 2.05) is 24.3 Å². The Morgan fingerprint density at radius 2 is 1.23 bits per heavy atom. The molecule has 53 heavy (non-hydrogen) atoms. The van der Waals surface area contributed by atoms with Crippen molar-refractivity contribution in [3.05, 3.63) is 50.9 Å². The summed E-state index contributed by atoms with van der Waals surface area (Å²) in [5.74, 6) is 0.540. The molecule has 0 amide bonds. The smallest absolute Gasteiger partial charge is 0.369 e. The van der Waals surface area contributed by atoms with Gasteiger partial charge in [0.2, 0.25) is 19.6 Å². The number of nitrogens with two attached hydrogens (primary N) is 1. The maximum absolute atomic E-state index is 11.7. The number of ether oxygens (including phenoxy) is 4. The van der Waals surface area contributed by atoms with Gasteiger partial charge in [-0.2, -0.15) is 0 Å². The third-order valence-corrected chi connectivity index (χ3v) is 9.92. The molecule has 6 rings (SSSR count). The second-order valence-corrected chi connectivity index (χ2v) is 14.3. The van der Waals surface area contributed by atoms with E-state index in [-0.39, 0.29) is 14.5 Å². The molecule has 16 nitrogen and oxygen atoms in total. The number of anilines is 5. The van der Waals surface area contributed by atoms with Gasteiger partial charge in [0.1, 0.15) is 11.5 Å². The molecule has 2 aromatic carbocycles. The van der Waals surface area contributed by atoms with Crippen LogP contribution in [0, 0.1) is 0 Å². The van der Waals surface area contributed by atoms with Crippen LogP contribution in [0.3, 0.4) is 0 Å². The van der Waals surface area contributed by atoms with E-state index in [1.54, 1.807) is 28.1 Å². The van der Waals surface area contributed by atoms with Gasteiger partial charge in [-0.1, -0.05) is 22.7 Å². The van der Waals surface area contributed by atoms with Crippen molar-refractivity contribution < 1.29 is 28.5 Å². The molecule has 2 saturated heterocycles. The lowest BCUT2D eigenvalue weighted by Crippen LogP contribution is -2.44. The molecule has 4 aromatic rings. The zero-order chi connectivity index (χ0) is 38.3. The SMILES string of the molecule is CCOC(=O)c1nnc(Cl)s1.CCOC(=O)c1nnc(Nc2ccc(N3CCN(C)CC3)cc2OC)s1.COc1cc(N2CCN(C)CC2)ccc1N. The highest BCUT2D eigenvalue weighted by atomic mass is 35.5. The maximum atomic E-state index is 11.7. The summed E-state index contributed by atoms with van der Waals surface area (Å²) in [6, 6.07) is 12.0. The highest BCUT2D eigenvalue weighted by Gasteiger charge is 2.19. The molecule has 0 unspecified atom stereocenters. The lowest BCUT2D eigenvalue weighted by molar-refractivity contribution is 0.0515. The fourth-order valence-corrected chi connectivity index (χ4v) is 6.52. The van der Waals surface area contributed by atoms with Crippen LogP contribution >= 0.6 is 34.3 Å². The summed E-state index contributed by atoms with van der Waals surface area (Å²) >= 11 is 7.59. The molecular weight excluding hydrogens is 744 g/mol. The van der Waals surface area contributed by atoms with E-state index >= 15 is 0 Å². The quantitative estimate of drug-likeness (QED) is 0.168. The van der Waals surface area contributed by atoms with Crippen LogP contribution in [0.4, 0.5) is 27.9 Å². The third-order valence-electron chi connectivity index (χ3n) is 8.11. The first-order valence-electron chi connectivity index (χ1n) is 17.0. The second kappa shape index (κ2) is 20.7. The number of esters is 2. The van der Waals surface area contributed by atoms with Crippen molar-refractivity contribution >= 4 is 74.1 Å². The zero-order valence-corrected chi connectivity index (χ0v) is 33.2. The van der Waals surface area contributed by atoms with Gasteiger partial charge in [0.15, 0.2) is 0 Å². The molecule has 4 heterocycles. The number of nitrogens with zero attached hydrogens (tertiary/aromatic N) is 8. The molecule has 2 aromatic heterocycles. The number of hydrogen-bond acceptors (Lipinski definition) is 18. The first-order valence-corrected chi connectivity index (χ1v) is 19.0. The highest BCUT2D eigenvalue weighted by Crippen LogP contribution is 2.33. The molecule has 19 heteroatoms. The highest BCUT2D eigenvalue weighted by molar-refractivity contribution is 7.17. The number of carbonyl (C=O) groups excluding carboxylic acids is 2. The van der Waals surface area contributed by atoms with Crippen molar-refractivity contribution in [2.24, 2.45) is 0 Å². The van der Waals surface area contributed by atoms with Gasteiger partial charge < -0.3 is 49.6 Å². The molecule has 2 fully saturated rings.